The Bertz CT molecular complexity index is 673. The molecule has 0 radical (unpaired) electrons. The molecule has 0 fully saturated rings. The van der Waals surface area contributed by atoms with E-state index in [4.69, 9.17) is 0 Å². The molecule has 0 unspecified atom stereocenters. The number of hydrogen-bond acceptors (Lipinski definition) is 2. The molecule has 0 bridgehead atoms. The zero-order valence-electron chi connectivity index (χ0n) is 10.7. The molecule has 0 aliphatic heterocycles. The van der Waals surface area contributed by atoms with Gasteiger partial charge in [-0.15, -0.1) is 0 Å². The average Bonchev–Trinajstić information content (AvgIpc) is 2.72. The minimum atomic E-state index is -0.188. The molecular weight excluding hydrogens is 357 g/mol. The van der Waals surface area contributed by atoms with Crippen LogP contribution in [0.5, 0.6) is 0 Å². The lowest BCUT2D eigenvalue weighted by Crippen LogP contribution is -2.20. The van der Waals surface area contributed by atoms with Crippen LogP contribution in [0.4, 0.5) is 5.69 Å². The molecule has 19 heavy (non-hydrogen) atoms. The number of carbonyl (C=O) groups is 1. The summed E-state index contributed by atoms with van der Waals surface area (Å²) in [5.41, 5.74) is 1.12. The fourth-order valence-corrected chi connectivity index (χ4v) is 2.20. The van der Waals surface area contributed by atoms with E-state index in [9.17, 15) is 9.59 Å². The van der Waals surface area contributed by atoms with Gasteiger partial charge in [-0.2, -0.15) is 0 Å². The van der Waals surface area contributed by atoms with Crippen molar-refractivity contribution < 1.29 is 4.79 Å². The summed E-state index contributed by atoms with van der Waals surface area (Å²) in [6.07, 6.45) is 1.65. The number of nitrogens with one attached hydrogen (secondary N) is 1. The second-order valence-electron chi connectivity index (χ2n) is 4.10. The number of nitrogens with zero attached hydrogens (tertiary/aromatic N) is 2. The third-order valence-electron chi connectivity index (χ3n) is 2.88. The molecule has 0 atom stereocenters. The van der Waals surface area contributed by atoms with Crippen molar-refractivity contribution in [2.75, 3.05) is 5.32 Å². The Kier molecular flexibility index (Phi) is 4.08. The van der Waals surface area contributed by atoms with Gasteiger partial charge in [-0.25, -0.2) is 0 Å². The van der Waals surface area contributed by atoms with E-state index in [0.29, 0.717) is 17.9 Å². The first-order valence-corrected chi connectivity index (χ1v) is 6.94. The lowest BCUT2D eigenvalue weighted by Gasteiger charge is -2.08. The highest BCUT2D eigenvalue weighted by Gasteiger charge is 2.11. The van der Waals surface area contributed by atoms with Crippen molar-refractivity contribution in [3.8, 4) is 0 Å². The highest BCUT2D eigenvalue weighted by Crippen LogP contribution is 2.12. The number of pyridine rings is 1. The number of aryl methyl sites for hydroxylation is 1. The Hall–Kier alpha value is -1.57. The molecule has 0 aliphatic rings. The van der Waals surface area contributed by atoms with Gasteiger partial charge in [-0.3, -0.25) is 9.59 Å². The standard InChI is InChI=1S/C13H14IN3O2/c1-3-17-8-9(4-7-12(17)18)15-13(19)10-5-6-11(14)16(10)2/h4-8H,3H2,1-2H3,(H,15,19). The fraction of sp³-hybridized carbons (Fsp3) is 0.231. The normalized spacial score (nSPS) is 10.5. The van der Waals surface area contributed by atoms with E-state index in [1.807, 2.05) is 24.6 Å². The quantitative estimate of drug-likeness (QED) is 0.840. The Morgan fingerprint density at radius 1 is 1.32 bits per heavy atom. The molecule has 2 rings (SSSR count). The van der Waals surface area contributed by atoms with Crippen molar-refractivity contribution in [3.63, 3.8) is 0 Å². The van der Waals surface area contributed by atoms with Crippen LogP contribution in [-0.2, 0) is 13.6 Å². The summed E-state index contributed by atoms with van der Waals surface area (Å²) < 4.78 is 4.34. The van der Waals surface area contributed by atoms with E-state index in [0.717, 1.165) is 3.70 Å². The first-order chi connectivity index (χ1) is 9.02. The lowest BCUT2D eigenvalue weighted by molar-refractivity contribution is 0.101. The summed E-state index contributed by atoms with van der Waals surface area (Å²) in [5.74, 6) is -0.188. The van der Waals surface area contributed by atoms with Crippen LogP contribution in [0.15, 0.2) is 35.3 Å². The third kappa shape index (κ3) is 2.89. The fourth-order valence-electron chi connectivity index (χ4n) is 1.76. The molecule has 0 spiro atoms. The maximum Gasteiger partial charge on any atom is 0.272 e. The number of halogens is 1. The highest BCUT2D eigenvalue weighted by atomic mass is 127. The Morgan fingerprint density at radius 2 is 2.05 bits per heavy atom. The molecule has 0 aromatic carbocycles. The van der Waals surface area contributed by atoms with Gasteiger partial charge in [-0.05, 0) is 47.7 Å². The van der Waals surface area contributed by atoms with Gasteiger partial charge in [0, 0.05) is 25.9 Å². The van der Waals surface area contributed by atoms with Crippen LogP contribution < -0.4 is 10.9 Å². The van der Waals surface area contributed by atoms with Gasteiger partial charge in [0.05, 0.1) is 9.39 Å². The number of amides is 1. The van der Waals surface area contributed by atoms with Crippen LogP contribution in [0.25, 0.3) is 0 Å². The van der Waals surface area contributed by atoms with Crippen molar-refractivity contribution >= 4 is 34.2 Å². The molecule has 2 aromatic rings. The number of hydrogen-bond donors (Lipinski definition) is 1. The SMILES string of the molecule is CCn1cc(NC(=O)c2ccc(I)n2C)ccc1=O. The minimum absolute atomic E-state index is 0.0751. The highest BCUT2D eigenvalue weighted by molar-refractivity contribution is 14.1. The topological polar surface area (TPSA) is 56.0 Å². The van der Waals surface area contributed by atoms with E-state index in [1.54, 1.807) is 22.9 Å². The monoisotopic (exact) mass is 371 g/mol. The largest absolute Gasteiger partial charge is 0.335 e. The van der Waals surface area contributed by atoms with Crippen LogP contribution in [0.3, 0.4) is 0 Å². The predicted molar refractivity (Wildman–Crippen MR) is 82.5 cm³/mol. The van der Waals surface area contributed by atoms with E-state index in [2.05, 4.69) is 27.9 Å². The second kappa shape index (κ2) is 5.60. The van der Waals surface area contributed by atoms with Crippen molar-refractivity contribution in [2.24, 2.45) is 7.05 Å². The Balaban J connectivity index is 2.24. The van der Waals surface area contributed by atoms with Gasteiger partial charge in [0.2, 0.25) is 0 Å². The number of carbonyl (C=O) groups excluding carboxylic acids is 1. The predicted octanol–water partition coefficient (Wildman–Crippen LogP) is 2.06. The molecule has 2 aromatic heterocycles. The summed E-state index contributed by atoms with van der Waals surface area (Å²) in [7, 11) is 1.84. The summed E-state index contributed by atoms with van der Waals surface area (Å²) in [5, 5.41) is 2.79. The molecule has 1 amide bonds. The Labute approximate surface area is 124 Å². The smallest absolute Gasteiger partial charge is 0.272 e. The van der Waals surface area contributed by atoms with Crippen molar-refractivity contribution in [2.45, 2.75) is 13.5 Å². The van der Waals surface area contributed by atoms with Gasteiger partial charge in [0.15, 0.2) is 0 Å². The molecule has 0 saturated carbocycles. The van der Waals surface area contributed by atoms with Crippen LogP contribution in [0, 0.1) is 3.70 Å². The van der Waals surface area contributed by atoms with Crippen molar-refractivity contribution in [1.82, 2.24) is 9.13 Å². The first-order valence-electron chi connectivity index (χ1n) is 5.86. The van der Waals surface area contributed by atoms with E-state index >= 15 is 0 Å². The summed E-state index contributed by atoms with van der Waals surface area (Å²) in [6.45, 7) is 2.46. The molecular formula is C13H14IN3O2. The molecule has 0 saturated heterocycles. The average molecular weight is 371 g/mol. The van der Waals surface area contributed by atoms with Crippen LogP contribution >= 0.6 is 22.6 Å². The zero-order valence-corrected chi connectivity index (χ0v) is 12.8. The first kappa shape index (κ1) is 13.9. The van der Waals surface area contributed by atoms with Gasteiger partial charge >= 0.3 is 0 Å². The summed E-state index contributed by atoms with van der Waals surface area (Å²) in [4.78, 5) is 23.6. The van der Waals surface area contributed by atoms with Gasteiger partial charge < -0.3 is 14.5 Å². The molecule has 1 N–H and O–H groups in total. The maximum atomic E-state index is 12.1. The van der Waals surface area contributed by atoms with Crippen LogP contribution in [-0.4, -0.2) is 15.0 Å². The molecule has 6 heteroatoms. The van der Waals surface area contributed by atoms with Crippen molar-refractivity contribution in [3.05, 3.63) is 50.2 Å². The van der Waals surface area contributed by atoms with Gasteiger partial charge in [0.1, 0.15) is 5.69 Å². The Morgan fingerprint density at radius 3 is 2.63 bits per heavy atom. The van der Waals surface area contributed by atoms with E-state index < -0.39 is 0 Å². The molecule has 5 nitrogen and oxygen atoms in total. The minimum Gasteiger partial charge on any atom is -0.335 e. The van der Waals surface area contributed by atoms with Crippen molar-refractivity contribution in [1.29, 1.82) is 0 Å². The van der Waals surface area contributed by atoms with E-state index in [1.165, 1.54) is 6.07 Å². The van der Waals surface area contributed by atoms with Gasteiger partial charge in [0.25, 0.3) is 11.5 Å². The van der Waals surface area contributed by atoms with Gasteiger partial charge in [-0.1, -0.05) is 0 Å². The zero-order chi connectivity index (χ0) is 14.0. The second-order valence-corrected chi connectivity index (χ2v) is 5.20. The molecule has 0 aliphatic carbocycles. The van der Waals surface area contributed by atoms with E-state index in [-0.39, 0.29) is 11.5 Å². The summed E-state index contributed by atoms with van der Waals surface area (Å²) in [6, 6.07) is 6.71. The lowest BCUT2D eigenvalue weighted by atomic mass is 10.3. The molecule has 2 heterocycles. The van der Waals surface area contributed by atoms with Crippen LogP contribution in [0.1, 0.15) is 17.4 Å². The maximum absolute atomic E-state index is 12.1. The number of rotatable bonds is 3. The van der Waals surface area contributed by atoms with Crippen LogP contribution in [0.2, 0.25) is 0 Å². The summed E-state index contributed by atoms with van der Waals surface area (Å²) >= 11 is 2.16. The molecule has 100 valence electrons. The third-order valence-corrected chi connectivity index (χ3v) is 3.96. The number of aromatic nitrogens is 2. The number of anilines is 1.